The van der Waals surface area contributed by atoms with Crippen LogP contribution in [0.1, 0.15) is 35.3 Å². The van der Waals surface area contributed by atoms with E-state index in [4.69, 9.17) is 0 Å². The van der Waals surface area contributed by atoms with Gasteiger partial charge in [0.15, 0.2) is 5.65 Å². The van der Waals surface area contributed by atoms with Gasteiger partial charge in [0.2, 0.25) is 0 Å². The van der Waals surface area contributed by atoms with Crippen molar-refractivity contribution in [3.05, 3.63) is 41.9 Å². The minimum atomic E-state index is -0.221. The lowest BCUT2D eigenvalue weighted by Gasteiger charge is -2.28. The lowest BCUT2D eigenvalue weighted by molar-refractivity contribution is 0.102. The van der Waals surface area contributed by atoms with Gasteiger partial charge < -0.3 is 10.2 Å². The summed E-state index contributed by atoms with van der Waals surface area (Å²) in [5.41, 5.74) is 3.23. The van der Waals surface area contributed by atoms with Gasteiger partial charge in [-0.15, -0.1) is 0 Å². The zero-order valence-electron chi connectivity index (χ0n) is 15.1. The first-order chi connectivity index (χ1) is 12.6. The monoisotopic (exact) mass is 350 g/mol. The Balaban J connectivity index is 1.50. The van der Waals surface area contributed by atoms with E-state index in [1.807, 2.05) is 38.4 Å². The molecule has 3 aromatic heterocycles. The van der Waals surface area contributed by atoms with Crippen LogP contribution >= 0.6 is 0 Å². The minimum Gasteiger partial charge on any atom is -0.370 e. The standard InChI is InChI=1S/C19H22N6O/c1-13-16-10-14(11-21-18(16)24(2)23-13)19(26)22-17-7-6-15(12-20-17)25-8-4-3-5-9-25/h6-7,10-12H,3-5,8-9H2,1-2H3,(H,20,22,26). The molecule has 1 saturated heterocycles. The van der Waals surface area contributed by atoms with Gasteiger partial charge in [-0.3, -0.25) is 9.48 Å². The second-order valence-corrected chi connectivity index (χ2v) is 6.71. The van der Waals surface area contributed by atoms with Gasteiger partial charge >= 0.3 is 0 Å². The van der Waals surface area contributed by atoms with E-state index in [1.54, 1.807) is 10.9 Å². The van der Waals surface area contributed by atoms with E-state index in [0.29, 0.717) is 11.4 Å². The molecule has 1 aliphatic heterocycles. The van der Waals surface area contributed by atoms with Crippen LogP contribution in [0.2, 0.25) is 0 Å². The number of nitrogens with zero attached hydrogens (tertiary/aromatic N) is 5. The number of aryl methyl sites for hydroxylation is 2. The Bertz CT molecular complexity index is 941. The highest BCUT2D eigenvalue weighted by Crippen LogP contribution is 2.21. The summed E-state index contributed by atoms with van der Waals surface area (Å²) in [7, 11) is 1.84. The van der Waals surface area contributed by atoms with Gasteiger partial charge in [0.05, 0.1) is 23.1 Å². The summed E-state index contributed by atoms with van der Waals surface area (Å²) in [5.74, 6) is 0.319. The fourth-order valence-corrected chi connectivity index (χ4v) is 3.42. The van der Waals surface area contributed by atoms with Gasteiger partial charge in [0.1, 0.15) is 5.82 Å². The van der Waals surface area contributed by atoms with Crippen molar-refractivity contribution in [3.63, 3.8) is 0 Å². The van der Waals surface area contributed by atoms with Gasteiger partial charge in [-0.2, -0.15) is 5.10 Å². The molecule has 1 fully saturated rings. The maximum atomic E-state index is 12.5. The molecule has 1 N–H and O–H groups in total. The lowest BCUT2D eigenvalue weighted by Crippen LogP contribution is -2.29. The predicted molar refractivity (Wildman–Crippen MR) is 102 cm³/mol. The summed E-state index contributed by atoms with van der Waals surface area (Å²) in [5, 5.41) is 8.06. The smallest absolute Gasteiger partial charge is 0.258 e. The maximum absolute atomic E-state index is 12.5. The highest BCUT2D eigenvalue weighted by molar-refractivity contribution is 6.05. The molecule has 0 aromatic carbocycles. The third kappa shape index (κ3) is 3.12. The molecule has 7 heteroatoms. The van der Waals surface area contributed by atoms with Crippen molar-refractivity contribution in [1.29, 1.82) is 0 Å². The van der Waals surface area contributed by atoms with Crippen molar-refractivity contribution in [2.45, 2.75) is 26.2 Å². The average molecular weight is 350 g/mol. The van der Waals surface area contributed by atoms with Crippen molar-refractivity contribution >= 4 is 28.4 Å². The van der Waals surface area contributed by atoms with Gasteiger partial charge in [-0.1, -0.05) is 0 Å². The Morgan fingerprint density at radius 3 is 2.65 bits per heavy atom. The molecule has 7 nitrogen and oxygen atoms in total. The molecule has 0 radical (unpaired) electrons. The van der Waals surface area contributed by atoms with E-state index in [9.17, 15) is 4.79 Å². The second-order valence-electron chi connectivity index (χ2n) is 6.71. The van der Waals surface area contributed by atoms with Crippen molar-refractivity contribution in [2.24, 2.45) is 7.05 Å². The number of hydrogen-bond donors (Lipinski definition) is 1. The number of carbonyl (C=O) groups is 1. The van der Waals surface area contributed by atoms with Crippen molar-refractivity contribution in [2.75, 3.05) is 23.3 Å². The Labute approximate surface area is 152 Å². The Hall–Kier alpha value is -2.96. The molecule has 0 spiro atoms. The topological polar surface area (TPSA) is 75.9 Å². The first kappa shape index (κ1) is 16.5. The van der Waals surface area contributed by atoms with Crippen molar-refractivity contribution < 1.29 is 4.79 Å². The molecular weight excluding hydrogens is 328 g/mol. The number of piperidine rings is 1. The molecular formula is C19H22N6O. The molecule has 26 heavy (non-hydrogen) atoms. The third-order valence-corrected chi connectivity index (χ3v) is 4.84. The van der Waals surface area contributed by atoms with E-state index in [0.717, 1.165) is 35.5 Å². The number of amides is 1. The largest absolute Gasteiger partial charge is 0.370 e. The molecule has 0 bridgehead atoms. The quantitative estimate of drug-likeness (QED) is 0.786. The van der Waals surface area contributed by atoms with E-state index >= 15 is 0 Å². The fraction of sp³-hybridized carbons (Fsp3) is 0.368. The molecule has 4 rings (SSSR count). The lowest BCUT2D eigenvalue weighted by atomic mass is 10.1. The Morgan fingerprint density at radius 2 is 1.92 bits per heavy atom. The Morgan fingerprint density at radius 1 is 1.12 bits per heavy atom. The van der Waals surface area contributed by atoms with Crippen molar-refractivity contribution in [1.82, 2.24) is 19.7 Å². The first-order valence-corrected chi connectivity index (χ1v) is 8.93. The number of rotatable bonds is 3. The molecule has 0 aliphatic carbocycles. The summed E-state index contributed by atoms with van der Waals surface area (Å²) < 4.78 is 1.72. The zero-order valence-corrected chi connectivity index (χ0v) is 15.1. The summed E-state index contributed by atoms with van der Waals surface area (Å²) in [4.78, 5) is 23.6. The summed E-state index contributed by atoms with van der Waals surface area (Å²) >= 11 is 0. The van der Waals surface area contributed by atoms with Crippen LogP contribution in [0.15, 0.2) is 30.6 Å². The van der Waals surface area contributed by atoms with Crippen LogP contribution < -0.4 is 10.2 Å². The maximum Gasteiger partial charge on any atom is 0.258 e. The highest BCUT2D eigenvalue weighted by atomic mass is 16.1. The fourth-order valence-electron chi connectivity index (χ4n) is 3.42. The molecule has 0 atom stereocenters. The number of fused-ring (bicyclic) bond motifs is 1. The number of anilines is 2. The number of pyridine rings is 2. The van der Waals surface area contributed by atoms with Crippen LogP contribution in [-0.4, -0.2) is 38.7 Å². The van der Waals surface area contributed by atoms with Crippen LogP contribution in [0, 0.1) is 6.92 Å². The third-order valence-electron chi connectivity index (χ3n) is 4.84. The van der Waals surface area contributed by atoms with E-state index in [-0.39, 0.29) is 5.91 Å². The van der Waals surface area contributed by atoms with Crippen LogP contribution in [0.5, 0.6) is 0 Å². The average Bonchev–Trinajstić information content (AvgIpc) is 2.96. The molecule has 0 unspecified atom stereocenters. The predicted octanol–water partition coefficient (Wildman–Crippen LogP) is 2.91. The van der Waals surface area contributed by atoms with Crippen LogP contribution in [0.25, 0.3) is 11.0 Å². The molecule has 3 aromatic rings. The number of hydrogen-bond acceptors (Lipinski definition) is 5. The van der Waals surface area contributed by atoms with Gasteiger partial charge in [0.25, 0.3) is 5.91 Å². The molecule has 1 aliphatic rings. The van der Waals surface area contributed by atoms with E-state index in [1.165, 1.54) is 19.3 Å². The van der Waals surface area contributed by atoms with E-state index in [2.05, 4.69) is 25.3 Å². The SMILES string of the molecule is Cc1nn(C)c2ncc(C(=O)Nc3ccc(N4CCCCC4)cn3)cc12. The van der Waals surface area contributed by atoms with Crippen LogP contribution in [0.4, 0.5) is 11.5 Å². The summed E-state index contributed by atoms with van der Waals surface area (Å²) in [6.07, 6.45) is 7.14. The zero-order chi connectivity index (χ0) is 18.1. The normalized spacial score (nSPS) is 14.6. The first-order valence-electron chi connectivity index (χ1n) is 8.93. The van der Waals surface area contributed by atoms with Gasteiger partial charge in [0, 0.05) is 31.7 Å². The number of aromatic nitrogens is 4. The molecule has 0 saturated carbocycles. The van der Waals surface area contributed by atoms with Gasteiger partial charge in [-0.25, -0.2) is 9.97 Å². The minimum absolute atomic E-state index is 0.221. The summed E-state index contributed by atoms with van der Waals surface area (Å²) in [6.45, 7) is 4.06. The number of nitrogens with one attached hydrogen (secondary N) is 1. The Kier molecular flexibility index (Phi) is 4.28. The molecule has 4 heterocycles. The summed E-state index contributed by atoms with van der Waals surface area (Å²) in [6, 6.07) is 5.69. The molecule has 134 valence electrons. The second kappa shape index (κ2) is 6.74. The van der Waals surface area contributed by atoms with E-state index < -0.39 is 0 Å². The molecule has 1 amide bonds. The van der Waals surface area contributed by atoms with Crippen molar-refractivity contribution in [3.8, 4) is 0 Å². The van der Waals surface area contributed by atoms with Gasteiger partial charge in [-0.05, 0) is 44.4 Å². The van der Waals surface area contributed by atoms with Crippen LogP contribution in [-0.2, 0) is 7.05 Å². The van der Waals surface area contributed by atoms with Crippen LogP contribution in [0.3, 0.4) is 0 Å². The number of carbonyl (C=O) groups excluding carboxylic acids is 1. The highest BCUT2D eigenvalue weighted by Gasteiger charge is 2.14.